The van der Waals surface area contributed by atoms with Crippen molar-refractivity contribution in [3.05, 3.63) is 35.4 Å². The van der Waals surface area contributed by atoms with Gasteiger partial charge in [-0.1, -0.05) is 24.3 Å². The molecule has 0 unspecified atom stereocenters. The van der Waals surface area contributed by atoms with Gasteiger partial charge in [-0.2, -0.15) is 0 Å². The Kier molecular flexibility index (Phi) is 4.74. The zero-order chi connectivity index (χ0) is 16.3. The number of carbonyl (C=O) groups is 2. The maximum Gasteiger partial charge on any atom is 0.411 e. The van der Waals surface area contributed by atoms with Crippen LogP contribution in [0, 0.1) is 0 Å². The van der Waals surface area contributed by atoms with Crippen LogP contribution in [0.4, 0.5) is 4.79 Å². The summed E-state index contributed by atoms with van der Waals surface area (Å²) in [6, 6.07) is 7.28. The Morgan fingerprint density at radius 1 is 1.18 bits per heavy atom. The van der Waals surface area contributed by atoms with Crippen LogP contribution in [-0.4, -0.2) is 42.3 Å². The number of benzene rings is 1. The summed E-state index contributed by atoms with van der Waals surface area (Å²) in [6.45, 7) is 5.87. The van der Waals surface area contributed by atoms with Gasteiger partial charge in [0.05, 0.1) is 7.11 Å². The smallest absolute Gasteiger partial charge is 0.411 e. The first-order chi connectivity index (χ1) is 10.3. The number of rotatable bonds is 1. The minimum atomic E-state index is -0.650. The van der Waals surface area contributed by atoms with Crippen molar-refractivity contribution in [3.8, 4) is 0 Å². The van der Waals surface area contributed by atoms with Crippen molar-refractivity contribution in [2.24, 2.45) is 0 Å². The summed E-state index contributed by atoms with van der Waals surface area (Å²) >= 11 is 0. The van der Waals surface area contributed by atoms with Crippen LogP contribution in [0.25, 0.3) is 0 Å². The van der Waals surface area contributed by atoms with Crippen molar-refractivity contribution in [3.63, 3.8) is 0 Å². The highest BCUT2D eigenvalue weighted by atomic mass is 16.6. The molecule has 0 aromatic heterocycles. The van der Waals surface area contributed by atoms with Gasteiger partial charge in [-0.15, -0.1) is 0 Å². The fourth-order valence-corrected chi connectivity index (χ4v) is 2.60. The molecule has 1 aromatic carbocycles. The van der Waals surface area contributed by atoms with Crippen molar-refractivity contribution < 1.29 is 19.1 Å². The van der Waals surface area contributed by atoms with Crippen LogP contribution in [0.15, 0.2) is 24.3 Å². The third-order valence-corrected chi connectivity index (χ3v) is 3.63. The SMILES string of the molecule is COC(=O)[C@@H]1Cc2ccccc2CCN1C(=O)OC(C)(C)C. The molecule has 1 aromatic rings. The Hall–Kier alpha value is -2.04. The van der Waals surface area contributed by atoms with Gasteiger partial charge in [-0.3, -0.25) is 4.90 Å². The molecule has 120 valence electrons. The fourth-order valence-electron chi connectivity index (χ4n) is 2.60. The van der Waals surface area contributed by atoms with E-state index in [0.717, 1.165) is 11.1 Å². The van der Waals surface area contributed by atoms with Gasteiger partial charge in [-0.25, -0.2) is 9.59 Å². The third-order valence-electron chi connectivity index (χ3n) is 3.63. The Morgan fingerprint density at radius 3 is 2.41 bits per heavy atom. The predicted octanol–water partition coefficient (Wildman–Crippen LogP) is 2.56. The molecule has 22 heavy (non-hydrogen) atoms. The standard InChI is InChI=1S/C17H23NO4/c1-17(2,3)22-16(20)18-10-9-12-7-5-6-8-13(12)11-14(18)15(19)21-4/h5-8,14H,9-11H2,1-4H3/t14-/m0/s1. The number of esters is 1. The summed E-state index contributed by atoms with van der Waals surface area (Å²) in [7, 11) is 1.34. The molecule has 5 nitrogen and oxygen atoms in total. The predicted molar refractivity (Wildman–Crippen MR) is 82.6 cm³/mol. The lowest BCUT2D eigenvalue weighted by Crippen LogP contribution is -2.48. The number of methoxy groups -OCH3 is 1. The van der Waals surface area contributed by atoms with Gasteiger partial charge in [0.2, 0.25) is 0 Å². The highest BCUT2D eigenvalue weighted by molar-refractivity contribution is 5.82. The molecular formula is C17H23NO4. The topological polar surface area (TPSA) is 55.8 Å². The summed E-state index contributed by atoms with van der Waals surface area (Å²) in [5, 5.41) is 0. The van der Waals surface area contributed by atoms with E-state index in [0.29, 0.717) is 19.4 Å². The maximum absolute atomic E-state index is 12.4. The van der Waals surface area contributed by atoms with Gasteiger partial charge < -0.3 is 9.47 Å². The van der Waals surface area contributed by atoms with Crippen LogP contribution in [0.1, 0.15) is 31.9 Å². The average molecular weight is 305 g/mol. The van der Waals surface area contributed by atoms with Crippen LogP contribution in [0.2, 0.25) is 0 Å². The molecule has 0 saturated heterocycles. The molecule has 1 heterocycles. The summed E-state index contributed by atoms with van der Waals surface area (Å²) in [5.41, 5.74) is 1.63. The maximum atomic E-state index is 12.4. The minimum Gasteiger partial charge on any atom is -0.467 e. The fraction of sp³-hybridized carbons (Fsp3) is 0.529. The molecule has 1 aliphatic heterocycles. The molecule has 5 heteroatoms. The summed E-state index contributed by atoms with van der Waals surface area (Å²) in [4.78, 5) is 26.1. The number of hydrogen-bond acceptors (Lipinski definition) is 4. The minimum absolute atomic E-state index is 0.414. The second-order valence-electron chi connectivity index (χ2n) is 6.44. The van der Waals surface area contributed by atoms with Crippen molar-refractivity contribution in [1.82, 2.24) is 4.90 Å². The van der Waals surface area contributed by atoms with Crippen LogP contribution >= 0.6 is 0 Å². The molecular weight excluding hydrogens is 282 g/mol. The van der Waals surface area contributed by atoms with Gasteiger partial charge in [-0.05, 0) is 38.3 Å². The number of amides is 1. The monoisotopic (exact) mass is 305 g/mol. The summed E-state index contributed by atoms with van der Waals surface area (Å²) < 4.78 is 10.3. The lowest BCUT2D eigenvalue weighted by atomic mass is 10.0. The first kappa shape index (κ1) is 16.3. The number of fused-ring (bicyclic) bond motifs is 1. The van der Waals surface area contributed by atoms with E-state index in [2.05, 4.69) is 0 Å². The Bertz CT molecular complexity index is 562. The highest BCUT2D eigenvalue weighted by Gasteiger charge is 2.35. The van der Waals surface area contributed by atoms with Crippen LogP contribution in [0.3, 0.4) is 0 Å². The Labute approximate surface area is 131 Å². The summed E-state index contributed by atoms with van der Waals surface area (Å²) in [6.07, 6.45) is 0.668. The van der Waals surface area contributed by atoms with Crippen molar-refractivity contribution >= 4 is 12.1 Å². The number of nitrogens with zero attached hydrogens (tertiary/aromatic N) is 1. The number of ether oxygens (including phenoxy) is 2. The van der Waals surface area contributed by atoms with Gasteiger partial charge in [0, 0.05) is 13.0 Å². The van der Waals surface area contributed by atoms with E-state index in [9.17, 15) is 9.59 Å². The normalized spacial score (nSPS) is 18.2. The molecule has 0 N–H and O–H groups in total. The Balaban J connectivity index is 2.28. The van der Waals surface area contributed by atoms with Gasteiger partial charge in [0.1, 0.15) is 11.6 Å². The van der Waals surface area contributed by atoms with Gasteiger partial charge in [0.15, 0.2) is 0 Å². The lowest BCUT2D eigenvalue weighted by Gasteiger charge is -2.30. The molecule has 0 bridgehead atoms. The lowest BCUT2D eigenvalue weighted by molar-refractivity contribution is -0.146. The largest absolute Gasteiger partial charge is 0.467 e. The van der Waals surface area contributed by atoms with E-state index in [1.54, 1.807) is 0 Å². The first-order valence-electron chi connectivity index (χ1n) is 7.46. The zero-order valence-corrected chi connectivity index (χ0v) is 13.6. The molecule has 0 saturated carbocycles. The van der Waals surface area contributed by atoms with E-state index in [-0.39, 0.29) is 0 Å². The average Bonchev–Trinajstić information content (AvgIpc) is 2.64. The molecule has 0 fully saturated rings. The molecule has 0 aliphatic carbocycles. The zero-order valence-electron chi connectivity index (χ0n) is 13.6. The van der Waals surface area contributed by atoms with E-state index < -0.39 is 23.7 Å². The summed E-state index contributed by atoms with van der Waals surface area (Å²) in [5.74, 6) is -0.414. The van der Waals surface area contributed by atoms with Gasteiger partial charge in [0.25, 0.3) is 0 Å². The molecule has 0 radical (unpaired) electrons. The van der Waals surface area contributed by atoms with E-state index >= 15 is 0 Å². The van der Waals surface area contributed by atoms with Crippen LogP contribution in [0.5, 0.6) is 0 Å². The molecule has 0 spiro atoms. The van der Waals surface area contributed by atoms with Gasteiger partial charge >= 0.3 is 12.1 Å². The highest BCUT2D eigenvalue weighted by Crippen LogP contribution is 2.22. The molecule has 1 aliphatic rings. The van der Waals surface area contributed by atoms with Crippen molar-refractivity contribution in [2.45, 2.75) is 45.3 Å². The molecule has 1 amide bonds. The first-order valence-corrected chi connectivity index (χ1v) is 7.46. The van der Waals surface area contributed by atoms with E-state index in [1.165, 1.54) is 12.0 Å². The van der Waals surface area contributed by atoms with E-state index in [1.807, 2.05) is 45.0 Å². The second-order valence-corrected chi connectivity index (χ2v) is 6.44. The quantitative estimate of drug-likeness (QED) is 0.748. The van der Waals surface area contributed by atoms with Crippen LogP contribution < -0.4 is 0 Å². The van der Waals surface area contributed by atoms with Crippen molar-refractivity contribution in [2.75, 3.05) is 13.7 Å². The molecule has 1 atom stereocenters. The van der Waals surface area contributed by atoms with Crippen molar-refractivity contribution in [1.29, 1.82) is 0 Å². The Morgan fingerprint density at radius 2 is 1.82 bits per heavy atom. The van der Waals surface area contributed by atoms with Crippen LogP contribution in [-0.2, 0) is 27.1 Å². The molecule has 2 rings (SSSR count). The number of hydrogen-bond donors (Lipinski definition) is 0. The third kappa shape index (κ3) is 3.78. The van der Waals surface area contributed by atoms with E-state index in [4.69, 9.17) is 9.47 Å². The number of carbonyl (C=O) groups excluding carboxylic acids is 2. The second kappa shape index (κ2) is 6.38.